The lowest BCUT2D eigenvalue weighted by Gasteiger charge is -2.24. The van der Waals surface area contributed by atoms with Crippen molar-refractivity contribution in [1.82, 2.24) is 4.90 Å². The van der Waals surface area contributed by atoms with Crippen LogP contribution in [0.4, 0.5) is 5.69 Å². The molecule has 3 nitrogen and oxygen atoms in total. The Labute approximate surface area is 132 Å². The van der Waals surface area contributed by atoms with Gasteiger partial charge < -0.3 is 10.5 Å². The van der Waals surface area contributed by atoms with E-state index >= 15 is 0 Å². The van der Waals surface area contributed by atoms with Gasteiger partial charge >= 0.3 is 0 Å². The van der Waals surface area contributed by atoms with E-state index in [2.05, 4.69) is 41.3 Å². The van der Waals surface area contributed by atoms with Gasteiger partial charge in [-0.2, -0.15) is 0 Å². The molecule has 2 aromatic rings. The lowest BCUT2D eigenvalue weighted by atomic mass is 10.1. The number of ether oxygens (including phenoxy) is 1. The van der Waals surface area contributed by atoms with Crippen LogP contribution in [0.2, 0.25) is 0 Å². The molecule has 3 rings (SSSR count). The van der Waals surface area contributed by atoms with E-state index in [1.165, 1.54) is 11.1 Å². The molecule has 1 aliphatic heterocycles. The highest BCUT2D eigenvalue weighted by Crippen LogP contribution is 2.18. The molecule has 1 atom stereocenters. The van der Waals surface area contributed by atoms with Crippen molar-refractivity contribution in [2.75, 3.05) is 25.4 Å². The molecule has 0 bridgehead atoms. The lowest BCUT2D eigenvalue weighted by Crippen LogP contribution is -2.32. The van der Waals surface area contributed by atoms with E-state index in [1.54, 1.807) is 0 Å². The summed E-state index contributed by atoms with van der Waals surface area (Å²) in [5.74, 6) is 0. The smallest absolute Gasteiger partial charge is 0.0743 e. The Bertz CT molecular complexity index is 585. The molecule has 3 heteroatoms. The first-order valence-electron chi connectivity index (χ1n) is 8.02. The van der Waals surface area contributed by atoms with E-state index in [9.17, 15) is 0 Å². The summed E-state index contributed by atoms with van der Waals surface area (Å²) in [6, 6.07) is 18.7. The minimum absolute atomic E-state index is 0.218. The van der Waals surface area contributed by atoms with Gasteiger partial charge in [0.05, 0.1) is 6.10 Å². The van der Waals surface area contributed by atoms with Crippen molar-refractivity contribution < 1.29 is 4.74 Å². The minimum atomic E-state index is 0.218. The van der Waals surface area contributed by atoms with Crippen LogP contribution in [-0.2, 0) is 17.7 Å². The van der Waals surface area contributed by atoms with E-state index < -0.39 is 0 Å². The summed E-state index contributed by atoms with van der Waals surface area (Å²) in [5.41, 5.74) is 9.48. The molecule has 0 aliphatic carbocycles. The molecule has 1 unspecified atom stereocenters. The van der Waals surface area contributed by atoms with Crippen LogP contribution in [0, 0.1) is 0 Å². The minimum Gasteiger partial charge on any atom is -0.399 e. The van der Waals surface area contributed by atoms with Crippen LogP contribution in [0.15, 0.2) is 54.6 Å². The third-order valence-electron chi connectivity index (χ3n) is 4.19. The quantitative estimate of drug-likeness (QED) is 0.881. The Hall–Kier alpha value is -1.84. The first kappa shape index (κ1) is 15.1. The Morgan fingerprint density at radius 2 is 1.82 bits per heavy atom. The highest BCUT2D eigenvalue weighted by Gasteiger charge is 2.19. The Balaban J connectivity index is 1.64. The first-order chi connectivity index (χ1) is 10.8. The zero-order valence-corrected chi connectivity index (χ0v) is 12.9. The molecule has 1 heterocycles. The van der Waals surface area contributed by atoms with Crippen LogP contribution in [-0.4, -0.2) is 30.7 Å². The second-order valence-corrected chi connectivity index (χ2v) is 5.97. The maximum atomic E-state index is 6.07. The third-order valence-corrected chi connectivity index (χ3v) is 4.19. The van der Waals surface area contributed by atoms with Crippen molar-refractivity contribution in [3.8, 4) is 0 Å². The fourth-order valence-electron chi connectivity index (χ4n) is 3.04. The maximum Gasteiger partial charge on any atom is 0.0743 e. The number of para-hydroxylation sites is 1. The molecular weight excluding hydrogens is 272 g/mol. The number of nitrogen functional groups attached to an aromatic ring is 1. The largest absolute Gasteiger partial charge is 0.399 e. The molecule has 2 N–H and O–H groups in total. The number of anilines is 1. The Morgan fingerprint density at radius 1 is 1.05 bits per heavy atom. The molecule has 0 spiro atoms. The predicted molar refractivity (Wildman–Crippen MR) is 90.6 cm³/mol. The molecule has 116 valence electrons. The summed E-state index contributed by atoms with van der Waals surface area (Å²) in [6.45, 7) is 3.88. The standard InChI is InChI=1S/C19H24N2O/c20-19-10-5-4-9-17(19)13-18-15-21(11-6-12-22-18)14-16-7-2-1-3-8-16/h1-5,7-10,18H,6,11-15,20H2. The second-order valence-electron chi connectivity index (χ2n) is 5.97. The van der Waals surface area contributed by atoms with E-state index in [1.807, 2.05) is 18.2 Å². The molecule has 2 aromatic carbocycles. The summed E-state index contributed by atoms with van der Waals surface area (Å²) in [4.78, 5) is 2.49. The van der Waals surface area contributed by atoms with Crippen molar-refractivity contribution >= 4 is 5.69 Å². The first-order valence-corrected chi connectivity index (χ1v) is 8.02. The van der Waals surface area contributed by atoms with E-state index in [4.69, 9.17) is 10.5 Å². The summed E-state index contributed by atoms with van der Waals surface area (Å²) in [6.07, 6.45) is 2.20. The van der Waals surface area contributed by atoms with Crippen molar-refractivity contribution in [3.05, 3.63) is 65.7 Å². The van der Waals surface area contributed by atoms with Crippen molar-refractivity contribution in [2.45, 2.75) is 25.5 Å². The number of hydrogen-bond donors (Lipinski definition) is 1. The van der Waals surface area contributed by atoms with Gasteiger partial charge in [-0.15, -0.1) is 0 Å². The average Bonchev–Trinajstić information content (AvgIpc) is 2.76. The summed E-state index contributed by atoms with van der Waals surface area (Å²) in [5, 5.41) is 0. The normalized spacial score (nSPS) is 19.7. The number of benzene rings is 2. The van der Waals surface area contributed by atoms with Crippen molar-refractivity contribution in [3.63, 3.8) is 0 Å². The van der Waals surface area contributed by atoms with Crippen LogP contribution in [0.1, 0.15) is 17.5 Å². The highest BCUT2D eigenvalue weighted by molar-refractivity contribution is 5.46. The monoisotopic (exact) mass is 296 g/mol. The highest BCUT2D eigenvalue weighted by atomic mass is 16.5. The van der Waals surface area contributed by atoms with Crippen LogP contribution in [0.25, 0.3) is 0 Å². The summed E-state index contributed by atoms with van der Waals surface area (Å²) in [7, 11) is 0. The number of nitrogens with two attached hydrogens (primary N) is 1. The molecule has 0 amide bonds. The van der Waals surface area contributed by atoms with Crippen LogP contribution in [0.3, 0.4) is 0 Å². The molecule has 1 aliphatic rings. The molecule has 1 saturated heterocycles. The van der Waals surface area contributed by atoms with Gasteiger partial charge in [-0.25, -0.2) is 0 Å². The van der Waals surface area contributed by atoms with Crippen LogP contribution < -0.4 is 5.73 Å². The molecule has 0 radical (unpaired) electrons. The number of hydrogen-bond acceptors (Lipinski definition) is 3. The van der Waals surface area contributed by atoms with E-state index in [0.29, 0.717) is 0 Å². The van der Waals surface area contributed by atoms with Gasteiger partial charge in [-0.1, -0.05) is 48.5 Å². The number of nitrogens with zero attached hydrogens (tertiary/aromatic N) is 1. The van der Waals surface area contributed by atoms with Crippen LogP contribution >= 0.6 is 0 Å². The molecule has 0 saturated carbocycles. The van der Waals surface area contributed by atoms with Gasteiger partial charge in [-0.05, 0) is 23.6 Å². The second kappa shape index (κ2) is 7.43. The molecule has 1 fully saturated rings. The van der Waals surface area contributed by atoms with Crippen molar-refractivity contribution in [1.29, 1.82) is 0 Å². The summed E-state index contributed by atoms with van der Waals surface area (Å²) < 4.78 is 6.03. The Morgan fingerprint density at radius 3 is 2.64 bits per heavy atom. The fourth-order valence-corrected chi connectivity index (χ4v) is 3.04. The third kappa shape index (κ3) is 4.09. The average molecular weight is 296 g/mol. The lowest BCUT2D eigenvalue weighted by molar-refractivity contribution is 0.0539. The van der Waals surface area contributed by atoms with Crippen LogP contribution in [0.5, 0.6) is 0 Å². The van der Waals surface area contributed by atoms with Gasteiger partial charge in [0.2, 0.25) is 0 Å². The van der Waals surface area contributed by atoms with Gasteiger partial charge in [0.1, 0.15) is 0 Å². The number of rotatable bonds is 4. The van der Waals surface area contributed by atoms with Gasteiger partial charge in [0.25, 0.3) is 0 Å². The van der Waals surface area contributed by atoms with Gasteiger partial charge in [-0.3, -0.25) is 4.90 Å². The predicted octanol–water partition coefficient (Wildman–Crippen LogP) is 3.10. The topological polar surface area (TPSA) is 38.5 Å². The molecular formula is C19H24N2O. The summed E-state index contributed by atoms with van der Waals surface area (Å²) >= 11 is 0. The SMILES string of the molecule is Nc1ccccc1CC1CN(Cc2ccccc2)CCCO1. The van der Waals surface area contributed by atoms with Crippen molar-refractivity contribution in [2.24, 2.45) is 0 Å². The van der Waals surface area contributed by atoms with E-state index in [-0.39, 0.29) is 6.10 Å². The fraction of sp³-hybridized carbons (Fsp3) is 0.368. The zero-order chi connectivity index (χ0) is 15.2. The zero-order valence-electron chi connectivity index (χ0n) is 12.9. The van der Waals surface area contributed by atoms with Gasteiger partial charge in [0.15, 0.2) is 0 Å². The van der Waals surface area contributed by atoms with E-state index in [0.717, 1.165) is 44.8 Å². The Kier molecular flexibility index (Phi) is 5.09. The molecule has 0 aromatic heterocycles. The maximum absolute atomic E-state index is 6.07. The molecule has 22 heavy (non-hydrogen) atoms. The van der Waals surface area contributed by atoms with Gasteiger partial charge in [0, 0.05) is 38.3 Å².